The number of para-hydroxylation sites is 1. The van der Waals surface area contributed by atoms with E-state index in [4.69, 9.17) is 16.9 Å². The van der Waals surface area contributed by atoms with E-state index >= 15 is 0 Å². The molecule has 3 nitrogen and oxygen atoms in total. The van der Waals surface area contributed by atoms with Crippen molar-refractivity contribution in [2.75, 3.05) is 0 Å². The summed E-state index contributed by atoms with van der Waals surface area (Å²) in [6.45, 7) is 0. The van der Waals surface area contributed by atoms with Crippen LogP contribution in [-0.4, -0.2) is 9.81 Å². The van der Waals surface area contributed by atoms with E-state index < -0.39 is 5.24 Å². The van der Waals surface area contributed by atoms with Crippen molar-refractivity contribution >= 4 is 27.7 Å². The van der Waals surface area contributed by atoms with E-state index in [2.05, 4.69) is 0 Å². The van der Waals surface area contributed by atoms with Gasteiger partial charge in [-0.05, 0) is 17.7 Å². The summed E-state index contributed by atoms with van der Waals surface area (Å²) in [5, 5.41) is 9.15. The quantitative estimate of drug-likeness (QED) is 0.690. The molecule has 0 radical (unpaired) electrons. The van der Waals surface area contributed by atoms with Crippen LogP contribution in [0.15, 0.2) is 24.3 Å². The molecular weight excluding hydrogens is 212 g/mol. The lowest BCUT2D eigenvalue weighted by molar-refractivity contribution is 0.107. The van der Waals surface area contributed by atoms with E-state index in [9.17, 15) is 4.79 Å². The van der Waals surface area contributed by atoms with Crippen LogP contribution < -0.4 is 0 Å². The van der Waals surface area contributed by atoms with Crippen LogP contribution >= 0.6 is 11.6 Å². The van der Waals surface area contributed by atoms with Crippen molar-refractivity contribution in [1.82, 2.24) is 4.57 Å². The van der Waals surface area contributed by atoms with Crippen LogP contribution in [0.2, 0.25) is 0 Å². The van der Waals surface area contributed by atoms with Crippen LogP contribution in [0.25, 0.3) is 10.9 Å². The number of benzene rings is 1. The molecule has 0 aliphatic carbocycles. The van der Waals surface area contributed by atoms with Crippen LogP contribution in [0.3, 0.4) is 0 Å². The molecule has 0 spiro atoms. The van der Waals surface area contributed by atoms with E-state index in [0.29, 0.717) is 5.56 Å². The van der Waals surface area contributed by atoms with Gasteiger partial charge in [0, 0.05) is 18.0 Å². The molecule has 1 aromatic carbocycles. The number of nitriles is 1. The first kappa shape index (κ1) is 9.75. The number of hydrogen-bond donors (Lipinski definition) is 0. The van der Waals surface area contributed by atoms with E-state index in [-0.39, 0.29) is 5.69 Å². The molecular formula is C11H7ClN2O. The Morgan fingerprint density at radius 2 is 2.13 bits per heavy atom. The van der Waals surface area contributed by atoms with Crippen molar-refractivity contribution in [2.24, 2.45) is 7.05 Å². The topological polar surface area (TPSA) is 45.8 Å². The van der Waals surface area contributed by atoms with Gasteiger partial charge in [0.1, 0.15) is 11.8 Å². The predicted molar refractivity (Wildman–Crippen MR) is 57.8 cm³/mol. The SMILES string of the molecule is Cn1c(C(=O)Cl)c(C#N)c2ccccc21. The summed E-state index contributed by atoms with van der Waals surface area (Å²) >= 11 is 5.45. The van der Waals surface area contributed by atoms with Gasteiger partial charge in [-0.25, -0.2) is 0 Å². The van der Waals surface area contributed by atoms with Gasteiger partial charge in [0.05, 0.1) is 5.56 Å². The summed E-state index contributed by atoms with van der Waals surface area (Å²) in [6.07, 6.45) is 0. The Labute approximate surface area is 91.5 Å². The minimum atomic E-state index is -0.606. The molecule has 0 amide bonds. The molecule has 4 heteroatoms. The summed E-state index contributed by atoms with van der Waals surface area (Å²) in [6, 6.07) is 9.34. The molecule has 0 fully saturated rings. The molecule has 0 N–H and O–H groups in total. The fourth-order valence-corrected chi connectivity index (χ4v) is 1.96. The number of nitrogens with zero attached hydrogens (tertiary/aromatic N) is 2. The highest BCUT2D eigenvalue weighted by Gasteiger charge is 2.18. The number of carbonyl (C=O) groups excluding carboxylic acids is 1. The van der Waals surface area contributed by atoms with Crippen LogP contribution in [0.5, 0.6) is 0 Å². The average molecular weight is 219 g/mol. The Morgan fingerprint density at radius 1 is 1.47 bits per heavy atom. The fraction of sp³-hybridized carbons (Fsp3) is 0.0909. The molecule has 0 aliphatic rings. The summed E-state index contributed by atoms with van der Waals surface area (Å²) in [5.41, 5.74) is 1.42. The summed E-state index contributed by atoms with van der Waals surface area (Å²) in [5.74, 6) is 0. The van der Waals surface area contributed by atoms with Gasteiger partial charge in [-0.2, -0.15) is 5.26 Å². The number of halogens is 1. The number of aromatic nitrogens is 1. The molecule has 2 aromatic rings. The molecule has 0 saturated heterocycles. The molecule has 0 saturated carbocycles. The second-order valence-corrected chi connectivity index (χ2v) is 3.53. The van der Waals surface area contributed by atoms with Gasteiger partial charge in [-0.1, -0.05) is 18.2 Å². The Kier molecular flexibility index (Phi) is 2.22. The smallest absolute Gasteiger partial charge is 0.270 e. The standard InChI is InChI=1S/C11H7ClN2O/c1-14-9-5-3-2-4-7(9)8(6-13)10(14)11(12)15/h2-5H,1H3. The van der Waals surface area contributed by atoms with E-state index in [1.54, 1.807) is 17.7 Å². The highest BCUT2D eigenvalue weighted by molar-refractivity contribution is 6.68. The number of fused-ring (bicyclic) bond motifs is 1. The molecule has 1 heterocycles. The lowest BCUT2D eigenvalue weighted by Gasteiger charge is -1.97. The first-order chi connectivity index (χ1) is 7.16. The zero-order chi connectivity index (χ0) is 11.0. The number of aryl methyl sites for hydroxylation is 1. The molecule has 2 rings (SSSR count). The first-order valence-corrected chi connectivity index (χ1v) is 4.72. The van der Waals surface area contributed by atoms with Gasteiger partial charge in [-0.15, -0.1) is 0 Å². The van der Waals surface area contributed by atoms with Crippen LogP contribution in [0, 0.1) is 11.3 Å². The normalized spacial score (nSPS) is 10.2. The molecule has 0 atom stereocenters. The number of hydrogen-bond acceptors (Lipinski definition) is 2. The van der Waals surface area contributed by atoms with Gasteiger partial charge in [-0.3, -0.25) is 4.79 Å². The van der Waals surface area contributed by atoms with E-state index in [1.807, 2.05) is 24.3 Å². The van der Waals surface area contributed by atoms with Crippen molar-refractivity contribution in [1.29, 1.82) is 5.26 Å². The van der Waals surface area contributed by atoms with Gasteiger partial charge in [0.2, 0.25) is 0 Å². The Morgan fingerprint density at radius 3 is 2.73 bits per heavy atom. The Hall–Kier alpha value is -1.79. The van der Waals surface area contributed by atoms with Crippen molar-refractivity contribution in [3.05, 3.63) is 35.5 Å². The molecule has 1 aromatic heterocycles. The Balaban J connectivity index is 2.98. The zero-order valence-electron chi connectivity index (χ0n) is 7.99. The summed E-state index contributed by atoms with van der Waals surface area (Å²) < 4.78 is 1.64. The van der Waals surface area contributed by atoms with Crippen molar-refractivity contribution in [3.8, 4) is 6.07 Å². The second kappa shape index (κ2) is 3.41. The minimum absolute atomic E-state index is 0.250. The highest BCUT2D eigenvalue weighted by Crippen LogP contribution is 2.25. The summed E-state index contributed by atoms with van der Waals surface area (Å²) in [7, 11) is 1.72. The lowest BCUT2D eigenvalue weighted by Crippen LogP contribution is -2.01. The van der Waals surface area contributed by atoms with Gasteiger partial charge < -0.3 is 4.57 Å². The summed E-state index contributed by atoms with van der Waals surface area (Å²) in [4.78, 5) is 11.2. The predicted octanol–water partition coefficient (Wildman–Crippen LogP) is 2.43. The van der Waals surface area contributed by atoms with Crippen LogP contribution in [0.4, 0.5) is 0 Å². The van der Waals surface area contributed by atoms with Crippen molar-refractivity contribution < 1.29 is 4.79 Å². The molecule has 15 heavy (non-hydrogen) atoms. The van der Waals surface area contributed by atoms with Crippen LogP contribution in [0.1, 0.15) is 16.1 Å². The number of rotatable bonds is 1. The maximum Gasteiger partial charge on any atom is 0.270 e. The van der Waals surface area contributed by atoms with Gasteiger partial charge in [0.15, 0.2) is 0 Å². The molecule has 0 bridgehead atoms. The van der Waals surface area contributed by atoms with Crippen molar-refractivity contribution in [2.45, 2.75) is 0 Å². The Bertz CT molecular complexity index is 592. The lowest BCUT2D eigenvalue weighted by atomic mass is 10.1. The molecule has 74 valence electrons. The van der Waals surface area contributed by atoms with E-state index in [1.165, 1.54) is 0 Å². The molecule has 0 unspecified atom stereocenters. The van der Waals surface area contributed by atoms with Crippen molar-refractivity contribution in [3.63, 3.8) is 0 Å². The zero-order valence-corrected chi connectivity index (χ0v) is 8.75. The van der Waals surface area contributed by atoms with E-state index in [0.717, 1.165) is 10.9 Å². The largest absolute Gasteiger partial charge is 0.339 e. The maximum atomic E-state index is 11.2. The maximum absolute atomic E-state index is 11.2. The highest BCUT2D eigenvalue weighted by atomic mass is 35.5. The fourth-order valence-electron chi connectivity index (χ4n) is 1.74. The average Bonchev–Trinajstić information content (AvgIpc) is 2.52. The monoisotopic (exact) mass is 218 g/mol. The minimum Gasteiger partial charge on any atom is -0.339 e. The van der Waals surface area contributed by atoms with Gasteiger partial charge >= 0.3 is 0 Å². The first-order valence-electron chi connectivity index (χ1n) is 4.34. The number of carbonyl (C=O) groups is 1. The second-order valence-electron chi connectivity index (χ2n) is 3.19. The molecule has 0 aliphatic heterocycles. The third-order valence-electron chi connectivity index (χ3n) is 2.40. The third kappa shape index (κ3) is 1.31. The van der Waals surface area contributed by atoms with Gasteiger partial charge in [0.25, 0.3) is 5.24 Å². The van der Waals surface area contributed by atoms with Crippen LogP contribution in [-0.2, 0) is 7.05 Å². The third-order valence-corrected chi connectivity index (χ3v) is 2.58.